The van der Waals surface area contributed by atoms with Crippen LogP contribution in [-0.4, -0.2) is 39.2 Å². The molecule has 1 heterocycles. The molecule has 0 unspecified atom stereocenters. The lowest BCUT2D eigenvalue weighted by Crippen LogP contribution is -2.55. The molecule has 11 rings (SSSR count). The largest absolute Gasteiger partial charge is 0.456 e. The summed E-state index contributed by atoms with van der Waals surface area (Å²) in [6.07, 6.45) is 0. The first-order valence-corrected chi connectivity index (χ1v) is 18.6. The Hall–Kier alpha value is -6.38. The molecule has 1 aliphatic heterocycles. The molecule has 56 heavy (non-hydrogen) atoms. The van der Waals surface area contributed by atoms with Crippen molar-refractivity contribution in [3.63, 3.8) is 0 Å². The zero-order valence-corrected chi connectivity index (χ0v) is 30.2. The van der Waals surface area contributed by atoms with Crippen molar-refractivity contribution in [2.45, 2.75) is 0 Å². The van der Waals surface area contributed by atoms with Crippen molar-refractivity contribution in [1.82, 2.24) is 0 Å². The van der Waals surface area contributed by atoms with Crippen LogP contribution in [0.5, 0.6) is 11.5 Å². The Morgan fingerprint density at radius 2 is 0.875 bits per heavy atom. The Morgan fingerprint density at radius 1 is 0.304 bits per heavy atom. The molecule has 0 fully saturated rings. The van der Waals surface area contributed by atoms with E-state index in [1.54, 1.807) is 0 Å². The quantitative estimate of drug-likeness (QED) is 0.134. The van der Waals surface area contributed by atoms with E-state index in [1.807, 2.05) is 18.2 Å². The number of fused-ring (bicyclic) bond motifs is 9. The summed E-state index contributed by atoms with van der Waals surface area (Å²) in [5.74, 6) is 1.47. The highest BCUT2D eigenvalue weighted by molar-refractivity contribution is 6.68. The summed E-state index contributed by atoms with van der Waals surface area (Å²) >= 11 is 0. The van der Waals surface area contributed by atoms with Gasteiger partial charge in [-0.1, -0.05) is 120 Å². The van der Waals surface area contributed by atoms with Crippen LogP contribution in [0.4, 0.5) is 0 Å². The maximum atomic E-state index is 6.71. The van der Waals surface area contributed by atoms with Gasteiger partial charge in [0.1, 0.15) is 50.7 Å². The van der Waals surface area contributed by atoms with Crippen LogP contribution in [-0.2, 0) is 0 Å². The molecule has 0 aromatic heterocycles. The predicted molar refractivity (Wildman–Crippen MR) is 243 cm³/mol. The first-order valence-electron chi connectivity index (χ1n) is 18.6. The summed E-state index contributed by atoms with van der Waals surface area (Å²) in [4.78, 5) is 0. The van der Waals surface area contributed by atoms with Crippen LogP contribution in [0.15, 0.2) is 152 Å². The van der Waals surface area contributed by atoms with Gasteiger partial charge in [0, 0.05) is 10.9 Å². The summed E-state index contributed by atoms with van der Waals surface area (Å²) in [7, 11) is 31.5. The molecule has 1 aliphatic rings. The van der Waals surface area contributed by atoms with Crippen molar-refractivity contribution in [2.24, 2.45) is 0 Å². The van der Waals surface area contributed by atoms with Gasteiger partial charge in [-0.15, -0.1) is 16.4 Å². The standard InChI is InChI=1S/C50H25B5O/c51-46-44(47(52)49(54)50(55)48(46)53)29-19-20-34-41-25-39-33-14-7-6-13-32(33)38(24-40(39)35-15-8-16-42(45(35)41)56-43(34)23-29)37-22-28-18-17-27(26-9-2-1-3-10-26)21-36(28)30-11-4-5-12-31(30)37/h1-25H. The van der Waals surface area contributed by atoms with Crippen LogP contribution in [0.25, 0.3) is 98.4 Å². The van der Waals surface area contributed by atoms with Crippen molar-refractivity contribution < 1.29 is 4.74 Å². The summed E-state index contributed by atoms with van der Waals surface area (Å²) in [5, 5.41) is 11.8. The van der Waals surface area contributed by atoms with E-state index in [0.29, 0.717) is 11.3 Å². The second-order valence-corrected chi connectivity index (χ2v) is 14.7. The van der Waals surface area contributed by atoms with E-state index >= 15 is 0 Å². The highest BCUT2D eigenvalue weighted by Crippen LogP contribution is 2.51. The van der Waals surface area contributed by atoms with Gasteiger partial charge in [-0.25, -0.2) is 0 Å². The third-order valence-corrected chi connectivity index (χ3v) is 11.7. The topological polar surface area (TPSA) is 9.23 Å². The van der Waals surface area contributed by atoms with Crippen molar-refractivity contribution in [1.29, 1.82) is 0 Å². The molecule has 6 heteroatoms. The predicted octanol–water partition coefficient (Wildman–Crippen LogP) is 8.20. The van der Waals surface area contributed by atoms with Crippen LogP contribution < -0.4 is 32.1 Å². The second-order valence-electron chi connectivity index (χ2n) is 14.7. The minimum absolute atomic E-state index is 0.187. The fourth-order valence-electron chi connectivity index (χ4n) is 8.94. The van der Waals surface area contributed by atoms with Crippen molar-refractivity contribution in [3.05, 3.63) is 152 Å². The van der Waals surface area contributed by atoms with Gasteiger partial charge in [-0.2, -0.15) is 0 Å². The summed E-state index contributed by atoms with van der Waals surface area (Å²) in [6.45, 7) is 0. The Labute approximate surface area is 331 Å². The van der Waals surface area contributed by atoms with E-state index in [4.69, 9.17) is 44.0 Å². The molecule has 0 N–H and O–H groups in total. The fraction of sp³-hybridized carbons (Fsp3) is 0. The highest BCUT2D eigenvalue weighted by Gasteiger charge is 2.25. The van der Waals surface area contributed by atoms with Crippen LogP contribution in [0, 0.1) is 0 Å². The molecule has 0 atom stereocenters. The van der Waals surface area contributed by atoms with Gasteiger partial charge in [-0.05, 0) is 130 Å². The molecule has 246 valence electrons. The first-order chi connectivity index (χ1) is 27.4. The van der Waals surface area contributed by atoms with Gasteiger partial charge in [0.25, 0.3) is 0 Å². The molecule has 10 aromatic rings. The number of benzene rings is 10. The van der Waals surface area contributed by atoms with Crippen LogP contribution in [0.3, 0.4) is 0 Å². The molecule has 0 saturated heterocycles. The lowest BCUT2D eigenvalue weighted by atomic mass is 9.59. The number of rotatable bonds is 3. The van der Waals surface area contributed by atoms with E-state index in [-0.39, 0.29) is 27.3 Å². The monoisotopic (exact) mass is 696 g/mol. The van der Waals surface area contributed by atoms with Gasteiger partial charge >= 0.3 is 0 Å². The van der Waals surface area contributed by atoms with Gasteiger partial charge in [0.05, 0.1) is 0 Å². The highest BCUT2D eigenvalue weighted by atomic mass is 16.5. The molecule has 0 spiro atoms. The SMILES string of the molecule is [B]c1c([B])c([B])c(-c2ccc3c(c2)Oc2cccc4c2c-3cc2c3ccccc3c(-c3cc5ccc(-c6ccccc6)cc5c5ccccc35)cc42)c([B])c1[B]. The third-order valence-electron chi connectivity index (χ3n) is 11.7. The van der Waals surface area contributed by atoms with Gasteiger partial charge < -0.3 is 4.74 Å². The normalized spacial score (nSPS) is 12.1. The zero-order valence-electron chi connectivity index (χ0n) is 30.2. The molecule has 0 saturated carbocycles. The molecule has 0 bridgehead atoms. The Balaban J connectivity index is 1.15. The molecule has 10 aromatic carbocycles. The fourth-order valence-corrected chi connectivity index (χ4v) is 8.94. The number of hydrogen-bond acceptors (Lipinski definition) is 1. The molecule has 1 nitrogen and oxygen atoms in total. The maximum absolute atomic E-state index is 6.71. The summed E-state index contributed by atoms with van der Waals surface area (Å²) in [6, 6.07) is 54.3. The molecule has 0 aliphatic carbocycles. The molecular formula is C50H25B5O. The van der Waals surface area contributed by atoms with Crippen LogP contribution in [0.2, 0.25) is 0 Å². The first kappa shape index (κ1) is 33.0. The minimum Gasteiger partial charge on any atom is -0.456 e. The van der Waals surface area contributed by atoms with Crippen molar-refractivity contribution in [2.75, 3.05) is 0 Å². The summed E-state index contributed by atoms with van der Waals surface area (Å²) < 4.78 is 6.71. The average molecular weight is 696 g/mol. The van der Waals surface area contributed by atoms with Crippen molar-refractivity contribution in [3.8, 4) is 56.0 Å². The van der Waals surface area contributed by atoms with Gasteiger partial charge in [0.2, 0.25) is 0 Å². The molecule has 10 radical (unpaired) electrons. The number of ether oxygens (including phenoxy) is 1. The maximum Gasteiger partial charge on any atom is 0.135 e. The summed E-state index contributed by atoms with van der Waals surface area (Å²) in [5.41, 5.74) is 9.35. The van der Waals surface area contributed by atoms with Crippen LogP contribution >= 0.6 is 0 Å². The molecule has 0 amide bonds. The van der Waals surface area contributed by atoms with Gasteiger partial charge in [0.15, 0.2) is 0 Å². The van der Waals surface area contributed by atoms with E-state index in [0.717, 1.165) is 33.2 Å². The molecular weight excluding hydrogens is 671 g/mol. The number of hydrogen-bond donors (Lipinski definition) is 0. The van der Waals surface area contributed by atoms with E-state index in [9.17, 15) is 0 Å². The lowest BCUT2D eigenvalue weighted by Gasteiger charge is -2.25. The Kier molecular flexibility index (Phi) is 7.26. The Bertz CT molecular complexity index is 3310. The smallest absolute Gasteiger partial charge is 0.135 e. The zero-order chi connectivity index (χ0) is 37.8. The Morgan fingerprint density at radius 3 is 1.61 bits per heavy atom. The van der Waals surface area contributed by atoms with E-state index in [1.165, 1.54) is 65.3 Å². The minimum atomic E-state index is 0.187. The average Bonchev–Trinajstić information content (AvgIpc) is 3.24. The van der Waals surface area contributed by atoms with Gasteiger partial charge in [-0.3, -0.25) is 0 Å². The lowest BCUT2D eigenvalue weighted by molar-refractivity contribution is 0.487. The van der Waals surface area contributed by atoms with E-state index in [2.05, 4.69) is 133 Å². The second kappa shape index (κ2) is 12.3. The van der Waals surface area contributed by atoms with Crippen LogP contribution in [0.1, 0.15) is 0 Å². The van der Waals surface area contributed by atoms with E-state index < -0.39 is 0 Å². The third kappa shape index (κ3) is 4.75. The van der Waals surface area contributed by atoms with Crippen molar-refractivity contribution >= 4 is 120 Å².